The maximum absolute atomic E-state index is 13.6. The first kappa shape index (κ1) is 19.4. The molecule has 1 fully saturated rings. The molecule has 1 aromatic heterocycles. The summed E-state index contributed by atoms with van der Waals surface area (Å²) in [6.07, 6.45) is 4.59. The highest BCUT2D eigenvalue weighted by Crippen LogP contribution is 2.26. The molecule has 0 bridgehead atoms. The molecule has 0 aliphatic carbocycles. The van der Waals surface area contributed by atoms with E-state index in [0.29, 0.717) is 37.2 Å². The van der Waals surface area contributed by atoms with Gasteiger partial charge in [-0.05, 0) is 55.5 Å². The van der Waals surface area contributed by atoms with Gasteiger partial charge in [-0.25, -0.2) is 12.8 Å². The number of hydrogen-bond acceptors (Lipinski definition) is 4. The predicted octanol–water partition coefficient (Wildman–Crippen LogP) is 2.36. The third-order valence-corrected chi connectivity index (χ3v) is 6.73. The smallest absolute Gasteiger partial charge is 0.252 e. The second-order valence-electron chi connectivity index (χ2n) is 6.73. The van der Waals surface area contributed by atoms with Gasteiger partial charge >= 0.3 is 0 Å². The van der Waals surface area contributed by atoms with E-state index >= 15 is 0 Å². The first-order valence-corrected chi connectivity index (χ1v) is 10.3. The van der Waals surface area contributed by atoms with Gasteiger partial charge in [0.1, 0.15) is 5.82 Å². The molecule has 2 aromatic rings. The minimum atomic E-state index is -3.77. The lowest BCUT2D eigenvalue weighted by Crippen LogP contribution is -2.43. The Morgan fingerprint density at radius 3 is 2.93 bits per heavy atom. The Bertz CT molecular complexity index is 919. The fraction of sp³-hybridized carbons (Fsp3) is 0.368. The normalized spacial score (nSPS) is 18.2. The van der Waals surface area contributed by atoms with E-state index in [-0.39, 0.29) is 16.7 Å². The Morgan fingerprint density at radius 1 is 1.37 bits per heavy atom. The standard InChI is InChI=1S/C19H22FN3O3S/c1-14-6-7-17(20)10-18(14)27(25,26)23-9-3-4-15(13-23)11-22-19(24)16-5-2-8-21-12-16/h2,5-8,10,12,15H,3-4,9,11,13H2,1H3,(H,22,24). The van der Waals surface area contributed by atoms with E-state index in [2.05, 4.69) is 10.3 Å². The summed E-state index contributed by atoms with van der Waals surface area (Å²) in [5.74, 6) is -0.802. The Labute approximate surface area is 158 Å². The van der Waals surface area contributed by atoms with Gasteiger partial charge < -0.3 is 5.32 Å². The maximum atomic E-state index is 13.6. The summed E-state index contributed by atoms with van der Waals surface area (Å²) in [7, 11) is -3.77. The largest absolute Gasteiger partial charge is 0.352 e. The van der Waals surface area contributed by atoms with E-state index in [9.17, 15) is 17.6 Å². The molecule has 1 N–H and O–H groups in total. The number of carbonyl (C=O) groups is 1. The molecule has 1 amide bonds. The number of piperidine rings is 1. The third kappa shape index (κ3) is 4.51. The van der Waals surface area contributed by atoms with E-state index in [1.165, 1.54) is 22.6 Å². The molecule has 1 atom stereocenters. The first-order chi connectivity index (χ1) is 12.9. The van der Waals surface area contributed by atoms with Crippen LogP contribution in [-0.2, 0) is 10.0 Å². The van der Waals surface area contributed by atoms with Crippen molar-refractivity contribution in [3.63, 3.8) is 0 Å². The van der Waals surface area contributed by atoms with Gasteiger partial charge in [-0.1, -0.05) is 6.07 Å². The van der Waals surface area contributed by atoms with Crippen molar-refractivity contribution in [2.75, 3.05) is 19.6 Å². The van der Waals surface area contributed by atoms with Crippen LogP contribution < -0.4 is 5.32 Å². The van der Waals surface area contributed by atoms with E-state index in [4.69, 9.17) is 0 Å². The Hall–Kier alpha value is -2.32. The summed E-state index contributed by atoms with van der Waals surface area (Å²) in [5.41, 5.74) is 0.983. The lowest BCUT2D eigenvalue weighted by molar-refractivity contribution is 0.0941. The van der Waals surface area contributed by atoms with Crippen LogP contribution in [0.1, 0.15) is 28.8 Å². The lowest BCUT2D eigenvalue weighted by atomic mass is 9.99. The number of sulfonamides is 1. The van der Waals surface area contributed by atoms with E-state index in [1.54, 1.807) is 25.3 Å². The zero-order valence-electron chi connectivity index (χ0n) is 15.1. The van der Waals surface area contributed by atoms with Gasteiger partial charge in [0.05, 0.1) is 10.5 Å². The summed E-state index contributed by atoms with van der Waals surface area (Å²) >= 11 is 0. The third-order valence-electron chi connectivity index (χ3n) is 4.72. The molecule has 1 saturated heterocycles. The number of amides is 1. The first-order valence-electron chi connectivity index (χ1n) is 8.82. The highest BCUT2D eigenvalue weighted by atomic mass is 32.2. The van der Waals surface area contributed by atoms with Crippen molar-refractivity contribution in [1.29, 1.82) is 0 Å². The second kappa shape index (κ2) is 8.14. The van der Waals surface area contributed by atoms with Gasteiger partial charge in [-0.15, -0.1) is 0 Å². The number of nitrogens with zero attached hydrogens (tertiary/aromatic N) is 2. The molecule has 2 heterocycles. The zero-order chi connectivity index (χ0) is 19.4. The number of carbonyl (C=O) groups excluding carboxylic acids is 1. The van der Waals surface area contributed by atoms with Crippen LogP contribution in [0.25, 0.3) is 0 Å². The van der Waals surface area contributed by atoms with Crippen LogP contribution in [-0.4, -0.2) is 43.2 Å². The Balaban J connectivity index is 1.67. The zero-order valence-corrected chi connectivity index (χ0v) is 15.9. The number of benzene rings is 1. The van der Waals surface area contributed by atoms with Crippen molar-refractivity contribution >= 4 is 15.9 Å². The molecule has 1 aliphatic rings. The molecule has 6 nitrogen and oxygen atoms in total. The van der Waals surface area contributed by atoms with Crippen molar-refractivity contribution in [1.82, 2.24) is 14.6 Å². The molecule has 8 heteroatoms. The highest BCUT2D eigenvalue weighted by molar-refractivity contribution is 7.89. The van der Waals surface area contributed by atoms with Gasteiger partial charge in [0.25, 0.3) is 5.91 Å². The quantitative estimate of drug-likeness (QED) is 0.849. The van der Waals surface area contributed by atoms with E-state index in [1.807, 2.05) is 0 Å². The molecular weight excluding hydrogens is 369 g/mol. The Kier molecular flexibility index (Phi) is 5.86. The van der Waals surface area contributed by atoms with Crippen LogP contribution in [0.4, 0.5) is 4.39 Å². The topological polar surface area (TPSA) is 79.4 Å². The molecule has 0 saturated carbocycles. The van der Waals surface area contributed by atoms with Crippen molar-refractivity contribution in [2.45, 2.75) is 24.7 Å². The number of rotatable bonds is 5. The van der Waals surface area contributed by atoms with E-state index < -0.39 is 15.8 Å². The molecular formula is C19H22FN3O3S. The summed E-state index contributed by atoms with van der Waals surface area (Å²) in [5, 5.41) is 2.84. The fourth-order valence-electron chi connectivity index (χ4n) is 3.24. The van der Waals surface area contributed by atoms with Crippen LogP contribution in [0.5, 0.6) is 0 Å². The number of halogens is 1. The molecule has 0 radical (unpaired) electrons. The highest BCUT2D eigenvalue weighted by Gasteiger charge is 2.31. The maximum Gasteiger partial charge on any atom is 0.252 e. The summed E-state index contributed by atoms with van der Waals surface area (Å²) in [6, 6.07) is 7.15. The van der Waals surface area contributed by atoms with Crippen LogP contribution in [0, 0.1) is 18.7 Å². The Morgan fingerprint density at radius 2 is 2.19 bits per heavy atom. The molecule has 1 aliphatic heterocycles. The average molecular weight is 391 g/mol. The van der Waals surface area contributed by atoms with Gasteiger partial charge in [-0.2, -0.15) is 4.31 Å². The molecule has 0 spiro atoms. The van der Waals surface area contributed by atoms with Gasteiger partial charge in [0.15, 0.2) is 0 Å². The number of hydrogen-bond donors (Lipinski definition) is 1. The second-order valence-corrected chi connectivity index (χ2v) is 8.64. The number of aromatic nitrogens is 1. The van der Waals surface area contributed by atoms with Crippen molar-refractivity contribution < 1.29 is 17.6 Å². The molecule has 1 aromatic carbocycles. The minimum absolute atomic E-state index is 0.00236. The van der Waals surface area contributed by atoms with Crippen LogP contribution >= 0.6 is 0 Å². The molecule has 3 rings (SSSR count). The summed E-state index contributed by atoms with van der Waals surface area (Å²) in [6.45, 7) is 2.72. The van der Waals surface area contributed by atoms with Crippen LogP contribution in [0.15, 0.2) is 47.6 Å². The number of nitrogens with one attached hydrogen (secondary N) is 1. The minimum Gasteiger partial charge on any atom is -0.352 e. The average Bonchev–Trinajstić information content (AvgIpc) is 2.68. The van der Waals surface area contributed by atoms with Crippen molar-refractivity contribution in [3.05, 3.63) is 59.7 Å². The number of aryl methyl sites for hydroxylation is 1. The molecule has 1 unspecified atom stereocenters. The molecule has 144 valence electrons. The summed E-state index contributed by atoms with van der Waals surface area (Å²) < 4.78 is 40.8. The van der Waals surface area contributed by atoms with E-state index in [0.717, 1.165) is 12.5 Å². The lowest BCUT2D eigenvalue weighted by Gasteiger charge is -2.32. The van der Waals surface area contributed by atoms with Crippen LogP contribution in [0.2, 0.25) is 0 Å². The van der Waals surface area contributed by atoms with Gasteiger partial charge in [-0.3, -0.25) is 9.78 Å². The van der Waals surface area contributed by atoms with Crippen molar-refractivity contribution in [3.8, 4) is 0 Å². The fourth-order valence-corrected chi connectivity index (χ4v) is 5.03. The monoisotopic (exact) mass is 391 g/mol. The van der Waals surface area contributed by atoms with Gasteiger partial charge in [0.2, 0.25) is 10.0 Å². The van der Waals surface area contributed by atoms with Crippen LogP contribution in [0.3, 0.4) is 0 Å². The van der Waals surface area contributed by atoms with Gasteiger partial charge in [0, 0.05) is 32.0 Å². The molecule has 27 heavy (non-hydrogen) atoms. The summed E-state index contributed by atoms with van der Waals surface area (Å²) in [4.78, 5) is 16.1. The SMILES string of the molecule is Cc1ccc(F)cc1S(=O)(=O)N1CCCC(CNC(=O)c2cccnc2)C1. The number of pyridine rings is 1. The predicted molar refractivity (Wildman–Crippen MR) is 99.2 cm³/mol. The van der Waals surface area contributed by atoms with Crippen molar-refractivity contribution in [2.24, 2.45) is 5.92 Å².